The number of rotatable bonds is 9. The number of amides is 1. The van der Waals surface area contributed by atoms with Crippen molar-refractivity contribution < 1.29 is 19.4 Å². The van der Waals surface area contributed by atoms with Crippen LogP contribution in [0.3, 0.4) is 0 Å². The molecule has 2 N–H and O–H groups in total. The van der Waals surface area contributed by atoms with E-state index in [0.29, 0.717) is 38.0 Å². The van der Waals surface area contributed by atoms with Crippen molar-refractivity contribution in [3.63, 3.8) is 0 Å². The van der Waals surface area contributed by atoms with Gasteiger partial charge < -0.3 is 19.7 Å². The summed E-state index contributed by atoms with van der Waals surface area (Å²) in [5.74, 6) is 0.267. The van der Waals surface area contributed by atoms with E-state index in [1.54, 1.807) is 24.2 Å². The SMILES string of the molecule is COc1ccccc1Cn1cc(CC2(C(=O)O)CCCN2C(=O)CCc2ncc(C)[nH]2)nn1. The zero-order valence-corrected chi connectivity index (χ0v) is 18.8. The van der Waals surface area contributed by atoms with Crippen LogP contribution >= 0.6 is 0 Å². The van der Waals surface area contributed by atoms with Crippen LogP contribution in [-0.4, -0.2) is 66.0 Å². The minimum absolute atomic E-state index is 0.111. The number of nitrogens with zero attached hydrogens (tertiary/aromatic N) is 5. The predicted octanol–water partition coefficient (Wildman–Crippen LogP) is 1.99. The number of aromatic nitrogens is 5. The van der Waals surface area contributed by atoms with Crippen LogP contribution in [0.5, 0.6) is 5.75 Å². The fraction of sp³-hybridized carbons (Fsp3) is 0.435. The topological polar surface area (TPSA) is 126 Å². The fourth-order valence-electron chi connectivity index (χ4n) is 4.48. The van der Waals surface area contributed by atoms with E-state index in [0.717, 1.165) is 22.8 Å². The van der Waals surface area contributed by atoms with Gasteiger partial charge in [0.15, 0.2) is 0 Å². The normalized spacial score (nSPS) is 17.9. The largest absolute Gasteiger partial charge is 0.496 e. The number of hydrogen-bond donors (Lipinski definition) is 2. The van der Waals surface area contributed by atoms with Gasteiger partial charge in [0.05, 0.1) is 19.3 Å². The first kappa shape index (κ1) is 22.5. The number of imidazole rings is 1. The van der Waals surface area contributed by atoms with Crippen LogP contribution in [0.1, 0.15) is 42.0 Å². The van der Waals surface area contributed by atoms with E-state index >= 15 is 0 Å². The lowest BCUT2D eigenvalue weighted by atomic mass is 9.90. The molecule has 2 aromatic heterocycles. The number of H-pyrrole nitrogens is 1. The Hall–Kier alpha value is -3.69. The molecule has 0 aliphatic carbocycles. The molecule has 10 heteroatoms. The van der Waals surface area contributed by atoms with E-state index in [9.17, 15) is 14.7 Å². The summed E-state index contributed by atoms with van der Waals surface area (Å²) in [4.78, 5) is 34.3. The molecule has 0 bridgehead atoms. The quantitative estimate of drug-likeness (QED) is 0.508. The average molecular weight is 453 g/mol. The summed E-state index contributed by atoms with van der Waals surface area (Å²) in [6.45, 7) is 2.76. The second-order valence-electron chi connectivity index (χ2n) is 8.39. The van der Waals surface area contributed by atoms with Crippen molar-refractivity contribution in [1.29, 1.82) is 0 Å². The molecule has 33 heavy (non-hydrogen) atoms. The van der Waals surface area contributed by atoms with Gasteiger partial charge in [-0.2, -0.15) is 0 Å². The first-order chi connectivity index (χ1) is 15.9. The Bertz CT molecular complexity index is 1140. The van der Waals surface area contributed by atoms with Gasteiger partial charge in [-0.15, -0.1) is 5.10 Å². The van der Waals surface area contributed by atoms with Gasteiger partial charge in [-0.3, -0.25) is 4.79 Å². The molecule has 4 rings (SSSR count). The monoisotopic (exact) mass is 452 g/mol. The second kappa shape index (κ2) is 9.43. The Morgan fingerprint density at radius 1 is 1.30 bits per heavy atom. The maximum atomic E-state index is 13.0. The van der Waals surface area contributed by atoms with Crippen LogP contribution in [0.4, 0.5) is 0 Å². The van der Waals surface area contributed by atoms with Gasteiger partial charge in [0, 0.05) is 49.5 Å². The molecule has 0 spiro atoms. The van der Waals surface area contributed by atoms with Crippen LogP contribution in [0.2, 0.25) is 0 Å². The van der Waals surface area contributed by atoms with Gasteiger partial charge in [-0.25, -0.2) is 14.5 Å². The van der Waals surface area contributed by atoms with Crippen molar-refractivity contribution in [2.24, 2.45) is 0 Å². The van der Waals surface area contributed by atoms with Gasteiger partial charge in [0.1, 0.15) is 17.1 Å². The number of hydrogen-bond acceptors (Lipinski definition) is 6. The molecule has 1 saturated heterocycles. The molecular formula is C23H28N6O4. The number of benzene rings is 1. The van der Waals surface area contributed by atoms with Gasteiger partial charge in [-0.05, 0) is 25.8 Å². The van der Waals surface area contributed by atoms with E-state index in [1.165, 1.54) is 4.90 Å². The number of carbonyl (C=O) groups is 2. The first-order valence-electron chi connectivity index (χ1n) is 11.0. The molecule has 1 atom stereocenters. The van der Waals surface area contributed by atoms with Crippen LogP contribution in [0, 0.1) is 6.92 Å². The molecule has 3 aromatic rings. The smallest absolute Gasteiger partial charge is 0.330 e. The molecule has 1 aromatic carbocycles. The van der Waals surface area contributed by atoms with Crippen molar-refractivity contribution in [2.75, 3.05) is 13.7 Å². The highest BCUT2D eigenvalue weighted by molar-refractivity contribution is 5.88. The molecular weight excluding hydrogens is 424 g/mol. The van der Waals surface area contributed by atoms with Crippen LogP contribution in [0.25, 0.3) is 0 Å². The maximum absolute atomic E-state index is 13.0. The number of carbonyl (C=O) groups excluding carboxylic acids is 1. The summed E-state index contributed by atoms with van der Waals surface area (Å²) >= 11 is 0. The summed E-state index contributed by atoms with van der Waals surface area (Å²) in [7, 11) is 1.61. The highest BCUT2D eigenvalue weighted by Crippen LogP contribution is 2.33. The number of methoxy groups -OCH3 is 1. The molecule has 1 amide bonds. The van der Waals surface area contributed by atoms with Crippen molar-refractivity contribution in [2.45, 2.75) is 51.1 Å². The van der Waals surface area contributed by atoms with E-state index < -0.39 is 11.5 Å². The van der Waals surface area contributed by atoms with Gasteiger partial charge in [0.25, 0.3) is 0 Å². The maximum Gasteiger partial charge on any atom is 0.330 e. The Labute approximate surface area is 191 Å². The number of para-hydroxylation sites is 1. The molecule has 3 heterocycles. The van der Waals surface area contributed by atoms with Gasteiger partial charge in [-0.1, -0.05) is 23.4 Å². The number of nitrogens with one attached hydrogen (secondary N) is 1. The minimum Gasteiger partial charge on any atom is -0.496 e. The third-order valence-electron chi connectivity index (χ3n) is 6.10. The number of likely N-dealkylation sites (tertiary alicyclic amines) is 1. The molecule has 174 valence electrons. The lowest BCUT2D eigenvalue weighted by Crippen LogP contribution is -2.54. The zero-order chi connectivity index (χ0) is 23.4. The Morgan fingerprint density at radius 3 is 2.85 bits per heavy atom. The third kappa shape index (κ3) is 4.74. The number of aryl methyl sites for hydroxylation is 2. The average Bonchev–Trinajstić information content (AvgIpc) is 3.53. The molecule has 0 saturated carbocycles. The number of aliphatic carboxylic acids is 1. The zero-order valence-electron chi connectivity index (χ0n) is 18.8. The summed E-state index contributed by atoms with van der Waals surface area (Å²) in [6, 6.07) is 7.63. The third-order valence-corrected chi connectivity index (χ3v) is 6.10. The number of aromatic amines is 1. The standard InChI is InChI=1S/C23H28N6O4/c1-16-13-24-20(25-16)8-9-21(30)29-11-5-10-23(29,22(31)32)12-18-15-28(27-26-18)14-17-6-3-4-7-19(17)33-2/h3-4,6-7,13,15H,5,8-12,14H2,1-2H3,(H,24,25)(H,31,32). The van der Waals surface area contributed by atoms with Crippen molar-refractivity contribution in [3.8, 4) is 5.75 Å². The van der Waals surface area contributed by atoms with Crippen molar-refractivity contribution in [3.05, 3.63) is 59.4 Å². The molecule has 10 nitrogen and oxygen atoms in total. The molecule has 1 unspecified atom stereocenters. The molecule has 1 fully saturated rings. The van der Waals surface area contributed by atoms with Crippen molar-refractivity contribution >= 4 is 11.9 Å². The molecule has 0 radical (unpaired) electrons. The number of carboxylic acid groups (broad SMARTS) is 1. The second-order valence-corrected chi connectivity index (χ2v) is 8.39. The highest BCUT2D eigenvalue weighted by Gasteiger charge is 2.50. The lowest BCUT2D eigenvalue weighted by Gasteiger charge is -2.34. The minimum atomic E-state index is -1.32. The lowest BCUT2D eigenvalue weighted by molar-refractivity contribution is -0.156. The Morgan fingerprint density at radius 2 is 2.12 bits per heavy atom. The van der Waals surface area contributed by atoms with E-state index in [-0.39, 0.29) is 18.7 Å². The van der Waals surface area contributed by atoms with Crippen LogP contribution in [-0.2, 0) is 29.0 Å². The Kier molecular flexibility index (Phi) is 6.43. The summed E-state index contributed by atoms with van der Waals surface area (Å²) in [6.07, 6.45) is 5.21. The number of carboxylic acids is 1. The highest BCUT2D eigenvalue weighted by atomic mass is 16.5. The van der Waals surface area contributed by atoms with E-state index in [1.807, 2.05) is 31.2 Å². The summed E-state index contributed by atoms with van der Waals surface area (Å²) in [5, 5.41) is 18.5. The van der Waals surface area contributed by atoms with Gasteiger partial charge >= 0.3 is 5.97 Å². The predicted molar refractivity (Wildman–Crippen MR) is 119 cm³/mol. The molecule has 1 aliphatic heterocycles. The number of ether oxygens (including phenoxy) is 1. The summed E-state index contributed by atoms with van der Waals surface area (Å²) in [5.41, 5.74) is 1.08. The Balaban J connectivity index is 1.48. The van der Waals surface area contributed by atoms with E-state index in [4.69, 9.17) is 4.74 Å². The van der Waals surface area contributed by atoms with Crippen molar-refractivity contribution in [1.82, 2.24) is 29.9 Å². The van der Waals surface area contributed by atoms with E-state index in [2.05, 4.69) is 20.3 Å². The van der Waals surface area contributed by atoms with Crippen LogP contribution < -0.4 is 4.74 Å². The van der Waals surface area contributed by atoms with Gasteiger partial charge in [0.2, 0.25) is 5.91 Å². The first-order valence-corrected chi connectivity index (χ1v) is 11.0. The van der Waals surface area contributed by atoms with Crippen LogP contribution in [0.15, 0.2) is 36.7 Å². The molecule has 1 aliphatic rings. The fourth-order valence-corrected chi connectivity index (χ4v) is 4.48. The summed E-state index contributed by atoms with van der Waals surface area (Å²) < 4.78 is 7.04.